The number of halogens is 1. The Labute approximate surface area is 175 Å². The molecule has 2 aromatic carbocycles. The van der Waals surface area contributed by atoms with Gasteiger partial charge in [0.15, 0.2) is 0 Å². The van der Waals surface area contributed by atoms with Crippen LogP contribution in [0, 0.1) is 18.7 Å². The lowest BCUT2D eigenvalue weighted by Gasteiger charge is -2.47. The highest BCUT2D eigenvalue weighted by Gasteiger charge is 2.44. The van der Waals surface area contributed by atoms with Crippen molar-refractivity contribution in [1.29, 1.82) is 0 Å². The Morgan fingerprint density at radius 3 is 2.47 bits per heavy atom. The van der Waals surface area contributed by atoms with Crippen molar-refractivity contribution < 1.29 is 23.5 Å². The molecule has 1 amide bonds. The molecule has 6 heteroatoms. The van der Waals surface area contributed by atoms with Crippen LogP contribution in [0.15, 0.2) is 48.5 Å². The maximum absolute atomic E-state index is 13.3. The third-order valence-corrected chi connectivity index (χ3v) is 6.06. The van der Waals surface area contributed by atoms with Gasteiger partial charge in [0.1, 0.15) is 18.2 Å². The Morgan fingerprint density at radius 1 is 1.10 bits per heavy atom. The second kappa shape index (κ2) is 8.96. The smallest absolute Gasteiger partial charge is 0.410 e. The van der Waals surface area contributed by atoms with Gasteiger partial charge in [-0.15, -0.1) is 0 Å². The van der Waals surface area contributed by atoms with Gasteiger partial charge in [-0.1, -0.05) is 36.4 Å². The zero-order valence-corrected chi connectivity index (χ0v) is 17.1. The number of hydrogen-bond donors (Lipinski definition) is 0. The summed E-state index contributed by atoms with van der Waals surface area (Å²) in [5.74, 6) is -0.289. The normalized spacial score (nSPS) is 23.1. The lowest BCUT2D eigenvalue weighted by molar-refractivity contribution is -0.130. The molecular formula is C24H26FNO4. The largest absolute Gasteiger partial charge is 0.445 e. The average molecular weight is 411 g/mol. The van der Waals surface area contributed by atoms with Crippen molar-refractivity contribution in [3.63, 3.8) is 0 Å². The topological polar surface area (TPSA) is 55.8 Å². The first-order valence-corrected chi connectivity index (χ1v) is 10.4. The molecule has 2 aliphatic heterocycles. The molecular weight excluding hydrogens is 385 g/mol. The van der Waals surface area contributed by atoms with Crippen LogP contribution in [0.3, 0.4) is 0 Å². The zero-order chi connectivity index (χ0) is 21.1. The van der Waals surface area contributed by atoms with E-state index < -0.39 is 0 Å². The van der Waals surface area contributed by atoms with Crippen LogP contribution in [0.1, 0.15) is 29.5 Å². The molecule has 2 aliphatic rings. The van der Waals surface area contributed by atoms with Crippen LogP contribution in [-0.2, 0) is 27.3 Å². The fourth-order valence-corrected chi connectivity index (χ4v) is 4.46. The number of carbonyl (C=O) groups is 2. The third-order valence-electron chi connectivity index (χ3n) is 6.06. The summed E-state index contributed by atoms with van der Waals surface area (Å²) in [5.41, 5.74) is 2.58. The number of piperidine rings is 1. The van der Waals surface area contributed by atoms with Crippen molar-refractivity contribution in [2.45, 2.75) is 44.9 Å². The number of morpholine rings is 1. The second-order valence-corrected chi connectivity index (χ2v) is 8.17. The number of nitrogens with zero attached hydrogens (tertiary/aromatic N) is 1. The Bertz CT molecular complexity index is 903. The first-order chi connectivity index (χ1) is 14.5. The van der Waals surface area contributed by atoms with Crippen molar-refractivity contribution >= 4 is 11.9 Å². The van der Waals surface area contributed by atoms with Crippen LogP contribution in [0.2, 0.25) is 0 Å². The maximum Gasteiger partial charge on any atom is 0.410 e. The third kappa shape index (κ3) is 4.54. The van der Waals surface area contributed by atoms with E-state index in [1.54, 1.807) is 11.0 Å². The van der Waals surface area contributed by atoms with Crippen molar-refractivity contribution in [3.05, 3.63) is 71.0 Å². The first kappa shape index (κ1) is 20.5. The summed E-state index contributed by atoms with van der Waals surface area (Å²) in [5, 5.41) is 0. The van der Waals surface area contributed by atoms with E-state index in [0.29, 0.717) is 26.1 Å². The van der Waals surface area contributed by atoms with Crippen molar-refractivity contribution in [2.24, 2.45) is 5.92 Å². The van der Waals surface area contributed by atoms with E-state index in [9.17, 15) is 14.0 Å². The van der Waals surface area contributed by atoms with Gasteiger partial charge >= 0.3 is 6.09 Å². The molecule has 0 radical (unpaired) electrons. The van der Waals surface area contributed by atoms with Crippen LogP contribution < -0.4 is 0 Å². The number of ether oxygens (including phenoxy) is 2. The molecule has 0 spiro atoms. The Morgan fingerprint density at radius 2 is 1.80 bits per heavy atom. The molecule has 30 heavy (non-hydrogen) atoms. The average Bonchev–Trinajstić information content (AvgIpc) is 2.73. The highest BCUT2D eigenvalue weighted by molar-refractivity contribution is 5.84. The Balaban J connectivity index is 1.39. The Hall–Kier alpha value is -2.73. The molecule has 4 rings (SSSR count). The molecule has 2 fully saturated rings. The minimum atomic E-state index is -0.350. The minimum absolute atomic E-state index is 0.133. The van der Waals surface area contributed by atoms with Crippen molar-refractivity contribution in [3.8, 4) is 0 Å². The van der Waals surface area contributed by atoms with Gasteiger partial charge in [0.25, 0.3) is 0 Å². The number of amides is 1. The number of fused-ring (bicyclic) bond motifs is 2. The first-order valence-electron chi connectivity index (χ1n) is 10.4. The van der Waals surface area contributed by atoms with E-state index in [-0.39, 0.29) is 48.7 Å². The van der Waals surface area contributed by atoms with E-state index in [1.807, 2.05) is 37.3 Å². The SMILES string of the molecule is Cc1cc(F)ccc1CC(=O)C1CC2COCC(C1)N2C(=O)OCc1ccccc1. The van der Waals surface area contributed by atoms with Crippen LogP contribution in [0.5, 0.6) is 0 Å². The second-order valence-electron chi connectivity index (χ2n) is 8.17. The summed E-state index contributed by atoms with van der Waals surface area (Å²) < 4.78 is 24.5. The number of benzene rings is 2. The predicted octanol–water partition coefficient (Wildman–Crippen LogP) is 4.06. The maximum atomic E-state index is 13.3. The fourth-order valence-electron chi connectivity index (χ4n) is 4.46. The molecule has 2 unspecified atom stereocenters. The van der Waals surface area contributed by atoms with Gasteiger partial charge in [0.2, 0.25) is 0 Å². The number of Topliss-reactive ketones (excluding diaryl/α,β-unsaturated/α-hetero) is 1. The molecule has 2 aromatic rings. The lowest BCUT2D eigenvalue weighted by Crippen LogP contribution is -2.60. The summed E-state index contributed by atoms with van der Waals surface area (Å²) in [6.07, 6.45) is 1.07. The van der Waals surface area contributed by atoms with Crippen LogP contribution >= 0.6 is 0 Å². The van der Waals surface area contributed by atoms with E-state index in [1.165, 1.54) is 12.1 Å². The number of ketones is 1. The van der Waals surface area contributed by atoms with Gasteiger partial charge in [-0.2, -0.15) is 0 Å². The summed E-state index contributed by atoms with van der Waals surface area (Å²) >= 11 is 0. The molecule has 0 aromatic heterocycles. The van der Waals surface area contributed by atoms with E-state index in [2.05, 4.69) is 0 Å². The summed E-state index contributed by atoms with van der Waals surface area (Å²) in [7, 11) is 0. The van der Waals surface area contributed by atoms with Crippen LogP contribution in [0.4, 0.5) is 9.18 Å². The van der Waals surface area contributed by atoms with Gasteiger partial charge in [-0.25, -0.2) is 9.18 Å². The van der Waals surface area contributed by atoms with E-state index in [4.69, 9.17) is 9.47 Å². The summed E-state index contributed by atoms with van der Waals surface area (Å²) in [6, 6.07) is 13.8. The van der Waals surface area contributed by atoms with Gasteiger partial charge in [0, 0.05) is 12.3 Å². The minimum Gasteiger partial charge on any atom is -0.445 e. The van der Waals surface area contributed by atoms with E-state index in [0.717, 1.165) is 16.7 Å². The number of hydrogen-bond acceptors (Lipinski definition) is 4. The number of carbonyl (C=O) groups excluding carboxylic acids is 2. The summed E-state index contributed by atoms with van der Waals surface area (Å²) in [4.78, 5) is 27.5. The molecule has 2 saturated heterocycles. The molecule has 2 bridgehead atoms. The van der Waals surface area contributed by atoms with Crippen molar-refractivity contribution in [2.75, 3.05) is 13.2 Å². The quantitative estimate of drug-likeness (QED) is 0.745. The molecule has 0 N–H and O–H groups in total. The molecule has 2 heterocycles. The Kier molecular flexibility index (Phi) is 6.13. The highest BCUT2D eigenvalue weighted by atomic mass is 19.1. The van der Waals surface area contributed by atoms with Crippen molar-refractivity contribution in [1.82, 2.24) is 4.90 Å². The van der Waals surface area contributed by atoms with Gasteiger partial charge in [-0.05, 0) is 48.6 Å². The lowest BCUT2D eigenvalue weighted by atomic mass is 9.81. The van der Waals surface area contributed by atoms with E-state index >= 15 is 0 Å². The predicted molar refractivity (Wildman–Crippen MR) is 109 cm³/mol. The standard InChI is InChI=1S/C24H26FNO4/c1-16-9-20(25)8-7-18(16)12-23(27)19-10-21-14-29-15-22(11-19)26(21)24(28)30-13-17-5-3-2-4-6-17/h2-9,19,21-22H,10-15H2,1H3. The molecule has 0 aliphatic carbocycles. The highest BCUT2D eigenvalue weighted by Crippen LogP contribution is 2.33. The molecule has 2 atom stereocenters. The molecule has 5 nitrogen and oxygen atoms in total. The number of rotatable bonds is 5. The number of aryl methyl sites for hydroxylation is 1. The molecule has 0 saturated carbocycles. The monoisotopic (exact) mass is 411 g/mol. The van der Waals surface area contributed by atoms with Crippen LogP contribution in [0.25, 0.3) is 0 Å². The zero-order valence-electron chi connectivity index (χ0n) is 17.1. The van der Waals surface area contributed by atoms with Crippen LogP contribution in [-0.4, -0.2) is 42.1 Å². The van der Waals surface area contributed by atoms with Gasteiger partial charge in [-0.3, -0.25) is 9.69 Å². The summed E-state index contributed by atoms with van der Waals surface area (Å²) in [6.45, 7) is 2.87. The fraction of sp³-hybridized carbons (Fsp3) is 0.417. The van der Waals surface area contributed by atoms with Gasteiger partial charge < -0.3 is 9.47 Å². The van der Waals surface area contributed by atoms with Gasteiger partial charge in [0.05, 0.1) is 25.3 Å². The molecule has 158 valence electrons.